The summed E-state index contributed by atoms with van der Waals surface area (Å²) in [4.78, 5) is 11.0. The number of benzene rings is 1. The van der Waals surface area contributed by atoms with Crippen molar-refractivity contribution in [1.29, 1.82) is 0 Å². The molecule has 0 amide bonds. The Hall–Kier alpha value is -1.61. The molecular formula is C13H17NO2. The van der Waals surface area contributed by atoms with Gasteiger partial charge < -0.3 is 10.1 Å². The van der Waals surface area contributed by atoms with Crippen LogP contribution in [0.4, 0.5) is 0 Å². The van der Waals surface area contributed by atoms with E-state index in [0.717, 1.165) is 18.8 Å². The highest BCUT2D eigenvalue weighted by atomic mass is 16.5. The quantitative estimate of drug-likeness (QED) is 0.433. The second kappa shape index (κ2) is 6.80. The molecule has 86 valence electrons. The minimum Gasteiger partial charge on any atom is -0.492 e. The molecule has 0 bridgehead atoms. The number of hydrogen-bond acceptors (Lipinski definition) is 3. The molecule has 3 heteroatoms. The summed E-state index contributed by atoms with van der Waals surface area (Å²) in [6, 6.07) is 7.16. The van der Waals surface area contributed by atoms with E-state index in [1.54, 1.807) is 19.1 Å². The highest BCUT2D eigenvalue weighted by Gasteiger charge is 1.98. The third-order valence-corrected chi connectivity index (χ3v) is 2.10. The van der Waals surface area contributed by atoms with Gasteiger partial charge in [0.1, 0.15) is 12.4 Å². The van der Waals surface area contributed by atoms with Gasteiger partial charge in [0.15, 0.2) is 5.78 Å². The topological polar surface area (TPSA) is 38.3 Å². The van der Waals surface area contributed by atoms with Crippen LogP contribution >= 0.6 is 0 Å². The van der Waals surface area contributed by atoms with Gasteiger partial charge in [0.05, 0.1) is 0 Å². The highest BCUT2D eigenvalue weighted by molar-refractivity contribution is 5.94. The number of ether oxygens (including phenoxy) is 1. The summed E-state index contributed by atoms with van der Waals surface area (Å²) in [7, 11) is 0. The van der Waals surface area contributed by atoms with Gasteiger partial charge >= 0.3 is 0 Å². The van der Waals surface area contributed by atoms with Crippen LogP contribution in [0.2, 0.25) is 0 Å². The van der Waals surface area contributed by atoms with Crippen LogP contribution in [0.3, 0.4) is 0 Å². The standard InChI is InChI=1S/C13H17NO2/c1-3-8-14-9-10-16-13-6-4-12(5-7-13)11(2)15/h3-7,14H,1,8-10H2,2H3. The summed E-state index contributed by atoms with van der Waals surface area (Å²) >= 11 is 0. The Kier molecular flexibility index (Phi) is 5.29. The van der Waals surface area contributed by atoms with Gasteiger partial charge in [-0.3, -0.25) is 4.79 Å². The van der Waals surface area contributed by atoms with Crippen molar-refractivity contribution in [2.75, 3.05) is 19.7 Å². The van der Waals surface area contributed by atoms with Crippen molar-refractivity contribution in [3.8, 4) is 5.75 Å². The van der Waals surface area contributed by atoms with Crippen LogP contribution in [0.15, 0.2) is 36.9 Å². The van der Waals surface area contributed by atoms with E-state index < -0.39 is 0 Å². The monoisotopic (exact) mass is 219 g/mol. The van der Waals surface area contributed by atoms with E-state index in [1.165, 1.54) is 0 Å². The van der Waals surface area contributed by atoms with Crippen LogP contribution in [0.25, 0.3) is 0 Å². The van der Waals surface area contributed by atoms with Crippen LogP contribution in [-0.2, 0) is 0 Å². The second-order valence-corrected chi connectivity index (χ2v) is 3.42. The number of rotatable bonds is 7. The van der Waals surface area contributed by atoms with Crippen LogP contribution in [0.1, 0.15) is 17.3 Å². The third kappa shape index (κ3) is 4.28. The van der Waals surface area contributed by atoms with Crippen molar-refractivity contribution in [2.24, 2.45) is 0 Å². The number of hydrogen-bond donors (Lipinski definition) is 1. The first-order valence-corrected chi connectivity index (χ1v) is 5.29. The number of carbonyl (C=O) groups excluding carboxylic acids is 1. The Balaban J connectivity index is 2.32. The summed E-state index contributed by atoms with van der Waals surface area (Å²) in [6.07, 6.45) is 1.81. The van der Waals surface area contributed by atoms with E-state index in [9.17, 15) is 4.79 Å². The molecule has 0 aromatic heterocycles. The van der Waals surface area contributed by atoms with Crippen LogP contribution < -0.4 is 10.1 Å². The average molecular weight is 219 g/mol. The molecule has 1 N–H and O–H groups in total. The lowest BCUT2D eigenvalue weighted by atomic mass is 10.1. The van der Waals surface area contributed by atoms with Crippen molar-refractivity contribution in [3.05, 3.63) is 42.5 Å². The van der Waals surface area contributed by atoms with Gasteiger partial charge in [0.25, 0.3) is 0 Å². The van der Waals surface area contributed by atoms with Gasteiger partial charge in [-0.05, 0) is 31.2 Å². The first kappa shape index (κ1) is 12.5. The predicted molar refractivity (Wildman–Crippen MR) is 65.0 cm³/mol. The fourth-order valence-corrected chi connectivity index (χ4v) is 1.23. The number of carbonyl (C=O) groups is 1. The zero-order valence-corrected chi connectivity index (χ0v) is 9.53. The Morgan fingerprint density at radius 1 is 1.44 bits per heavy atom. The van der Waals surface area contributed by atoms with E-state index >= 15 is 0 Å². The second-order valence-electron chi connectivity index (χ2n) is 3.42. The number of nitrogens with one attached hydrogen (secondary N) is 1. The predicted octanol–water partition coefficient (Wildman–Crippen LogP) is 2.04. The first-order valence-electron chi connectivity index (χ1n) is 5.29. The fourth-order valence-electron chi connectivity index (χ4n) is 1.23. The largest absolute Gasteiger partial charge is 0.492 e. The van der Waals surface area contributed by atoms with Crippen molar-refractivity contribution in [3.63, 3.8) is 0 Å². The zero-order valence-electron chi connectivity index (χ0n) is 9.53. The molecule has 0 fully saturated rings. The van der Waals surface area contributed by atoms with E-state index in [2.05, 4.69) is 11.9 Å². The van der Waals surface area contributed by atoms with Crippen LogP contribution in [-0.4, -0.2) is 25.5 Å². The fraction of sp³-hybridized carbons (Fsp3) is 0.308. The average Bonchev–Trinajstić information content (AvgIpc) is 2.29. The summed E-state index contributed by atoms with van der Waals surface area (Å²) in [5.74, 6) is 0.851. The number of Topliss-reactive ketones (excluding diaryl/α,β-unsaturated/α-hetero) is 1. The molecule has 0 atom stereocenters. The molecule has 0 unspecified atom stereocenters. The Bertz CT molecular complexity index is 343. The molecule has 0 spiro atoms. The summed E-state index contributed by atoms with van der Waals surface area (Å²) in [5.41, 5.74) is 0.706. The van der Waals surface area contributed by atoms with Gasteiger partial charge in [0, 0.05) is 18.7 Å². The molecule has 0 heterocycles. The summed E-state index contributed by atoms with van der Waals surface area (Å²) < 4.78 is 5.48. The minimum atomic E-state index is 0.0687. The molecule has 0 aliphatic rings. The van der Waals surface area contributed by atoms with Crippen molar-refractivity contribution in [1.82, 2.24) is 5.32 Å². The molecule has 1 aromatic carbocycles. The molecule has 0 aliphatic carbocycles. The molecule has 0 saturated carbocycles. The Labute approximate surface area is 96.1 Å². The molecule has 1 aromatic rings. The van der Waals surface area contributed by atoms with Crippen molar-refractivity contribution >= 4 is 5.78 Å². The van der Waals surface area contributed by atoms with Crippen LogP contribution in [0.5, 0.6) is 5.75 Å². The maximum Gasteiger partial charge on any atom is 0.159 e. The Morgan fingerprint density at radius 3 is 2.69 bits per heavy atom. The molecule has 0 radical (unpaired) electrons. The maximum atomic E-state index is 11.0. The van der Waals surface area contributed by atoms with E-state index in [-0.39, 0.29) is 5.78 Å². The van der Waals surface area contributed by atoms with Gasteiger partial charge in [-0.2, -0.15) is 0 Å². The molecular weight excluding hydrogens is 202 g/mol. The normalized spacial score (nSPS) is 9.81. The summed E-state index contributed by atoms with van der Waals surface area (Å²) in [5, 5.41) is 3.14. The van der Waals surface area contributed by atoms with Gasteiger partial charge in [0.2, 0.25) is 0 Å². The summed E-state index contributed by atoms with van der Waals surface area (Å²) in [6.45, 7) is 7.33. The molecule has 3 nitrogen and oxygen atoms in total. The third-order valence-electron chi connectivity index (χ3n) is 2.10. The van der Waals surface area contributed by atoms with E-state index in [0.29, 0.717) is 12.2 Å². The molecule has 1 rings (SSSR count). The van der Waals surface area contributed by atoms with E-state index in [1.807, 2.05) is 18.2 Å². The number of ketones is 1. The van der Waals surface area contributed by atoms with Gasteiger partial charge in [-0.15, -0.1) is 6.58 Å². The van der Waals surface area contributed by atoms with E-state index in [4.69, 9.17) is 4.74 Å². The minimum absolute atomic E-state index is 0.0687. The maximum absolute atomic E-state index is 11.0. The van der Waals surface area contributed by atoms with Crippen LogP contribution in [0, 0.1) is 0 Å². The lowest BCUT2D eigenvalue weighted by molar-refractivity contribution is 0.101. The lowest BCUT2D eigenvalue weighted by Crippen LogP contribution is -2.20. The SMILES string of the molecule is C=CCNCCOc1ccc(C(C)=O)cc1. The van der Waals surface area contributed by atoms with Crippen molar-refractivity contribution in [2.45, 2.75) is 6.92 Å². The van der Waals surface area contributed by atoms with Gasteiger partial charge in [-0.25, -0.2) is 0 Å². The lowest BCUT2D eigenvalue weighted by Gasteiger charge is -2.06. The molecule has 0 saturated heterocycles. The van der Waals surface area contributed by atoms with Crippen molar-refractivity contribution < 1.29 is 9.53 Å². The molecule has 16 heavy (non-hydrogen) atoms. The Morgan fingerprint density at radius 2 is 2.12 bits per heavy atom. The smallest absolute Gasteiger partial charge is 0.159 e. The van der Waals surface area contributed by atoms with Gasteiger partial charge in [-0.1, -0.05) is 6.08 Å². The highest BCUT2D eigenvalue weighted by Crippen LogP contribution is 2.12. The molecule has 0 aliphatic heterocycles. The zero-order chi connectivity index (χ0) is 11.8. The first-order chi connectivity index (χ1) is 7.74.